The van der Waals surface area contributed by atoms with Gasteiger partial charge >= 0.3 is 0 Å². The van der Waals surface area contributed by atoms with Crippen molar-refractivity contribution in [3.05, 3.63) is 222 Å². The highest BCUT2D eigenvalue weighted by Crippen LogP contribution is 2.44. The number of nitrogens with zero attached hydrogens (tertiary/aromatic N) is 5. The summed E-state index contributed by atoms with van der Waals surface area (Å²) in [6.45, 7) is 0. The minimum absolute atomic E-state index is 0.585. The van der Waals surface area contributed by atoms with E-state index in [2.05, 4.69) is 222 Å². The Labute approximate surface area is 400 Å². The molecule has 16 rings (SSSR count). The highest BCUT2D eigenvalue weighted by molar-refractivity contribution is 6.26. The van der Waals surface area contributed by atoms with Gasteiger partial charge in [-0.15, -0.1) is 0 Å². The lowest BCUT2D eigenvalue weighted by Crippen LogP contribution is -2.27. The second-order valence-electron chi connectivity index (χ2n) is 19.0. The van der Waals surface area contributed by atoms with Crippen molar-refractivity contribution in [2.24, 2.45) is 0 Å². The van der Waals surface area contributed by atoms with E-state index >= 15 is 0 Å². The predicted molar refractivity (Wildman–Crippen MR) is 293 cm³/mol. The first-order chi connectivity index (χ1) is 34.7. The Morgan fingerprint density at radius 2 is 0.971 bits per heavy atom. The van der Waals surface area contributed by atoms with Crippen molar-refractivity contribution < 1.29 is 0 Å². The van der Waals surface area contributed by atoms with Gasteiger partial charge in [-0.05, 0) is 124 Å². The number of para-hydroxylation sites is 1. The lowest BCUT2D eigenvalue weighted by Gasteiger charge is -2.15. The first-order valence-corrected chi connectivity index (χ1v) is 24.2. The molecule has 5 nitrogen and oxygen atoms in total. The standard InChI is InChI=1S/C65H39N5/c1-2-19-50-51-32-33-56-61(52-20-7-9-23-55(52)69(56)53-22-8-5-13-38-12-4-6-18-49(38)53)62(51)70(54(50)21-3-1)65-67-63(47-34-43-28-24-39-14-10-15-40-25-29-44(35-47)59(43)57(39)40)66-64(68-65)48-36-45-30-26-41-16-11-17-42-27-31-46(37-48)60(45)58(41)42/h1-18,20-21,23-37H,19,22H2. The van der Waals surface area contributed by atoms with Crippen molar-refractivity contribution in [3.8, 4) is 28.7 Å². The number of benzene rings is 11. The molecule has 0 saturated heterocycles. The van der Waals surface area contributed by atoms with Gasteiger partial charge < -0.3 is 4.57 Å². The van der Waals surface area contributed by atoms with E-state index in [-0.39, 0.29) is 0 Å². The van der Waals surface area contributed by atoms with Gasteiger partial charge in [0.1, 0.15) is 0 Å². The van der Waals surface area contributed by atoms with Gasteiger partial charge in [0.05, 0.1) is 22.2 Å². The van der Waals surface area contributed by atoms with Gasteiger partial charge in [0.2, 0.25) is 5.95 Å². The molecular weight excluding hydrogens is 851 g/mol. The van der Waals surface area contributed by atoms with Crippen LogP contribution in [0.2, 0.25) is 0 Å². The molecule has 0 unspecified atom stereocenters. The molecule has 324 valence electrons. The molecule has 0 radical (unpaired) electrons. The van der Waals surface area contributed by atoms with Gasteiger partial charge in [-0.1, -0.05) is 170 Å². The molecule has 3 heterocycles. The number of hydrogen-bond acceptors (Lipinski definition) is 3. The first kappa shape index (κ1) is 37.9. The number of hydrogen-bond donors (Lipinski definition) is 0. The molecule has 5 heteroatoms. The van der Waals surface area contributed by atoms with E-state index < -0.39 is 0 Å². The molecule has 0 amide bonds. The van der Waals surface area contributed by atoms with E-state index in [0.29, 0.717) is 17.6 Å². The van der Waals surface area contributed by atoms with Gasteiger partial charge in [-0.3, -0.25) is 4.57 Å². The van der Waals surface area contributed by atoms with Gasteiger partial charge in [-0.25, -0.2) is 4.98 Å². The summed E-state index contributed by atoms with van der Waals surface area (Å²) < 4.78 is 4.85. The SMILES string of the molecule is C1=CCC(n2c3ccccc3c3c4c(ccc32)c2c(n4-c3nc(-c4cc5ccc6cccc7ccc(c4)c5c67)nc(-c4cc5ccc6cccc7ccc(c4)c5c67)n3)C=CC=CC2)=c2ccccc2=C1. The summed E-state index contributed by atoms with van der Waals surface area (Å²) in [5.74, 6) is 1.85. The smallest absolute Gasteiger partial charge is 0.238 e. The summed E-state index contributed by atoms with van der Waals surface area (Å²) in [7, 11) is 0. The third kappa shape index (κ3) is 5.29. The van der Waals surface area contributed by atoms with Crippen LogP contribution >= 0.6 is 0 Å². The average Bonchev–Trinajstić information content (AvgIpc) is 3.65. The van der Waals surface area contributed by atoms with Crippen LogP contribution in [0.25, 0.3) is 144 Å². The maximum Gasteiger partial charge on any atom is 0.238 e. The maximum atomic E-state index is 5.62. The van der Waals surface area contributed by atoms with E-state index in [1.54, 1.807) is 0 Å². The molecule has 11 aromatic carbocycles. The Bertz CT molecular complexity index is 4530. The fraction of sp³-hybridized carbons (Fsp3) is 0.0308. The first-order valence-electron chi connectivity index (χ1n) is 24.2. The summed E-state index contributed by atoms with van der Waals surface area (Å²) in [5, 5.41) is 20.8. The third-order valence-corrected chi connectivity index (χ3v) is 15.3. The second kappa shape index (κ2) is 14.2. The zero-order valence-electron chi connectivity index (χ0n) is 37.9. The van der Waals surface area contributed by atoms with Crippen molar-refractivity contribution in [1.29, 1.82) is 0 Å². The van der Waals surface area contributed by atoms with E-state index in [4.69, 9.17) is 15.0 Å². The van der Waals surface area contributed by atoms with Crippen molar-refractivity contribution in [2.45, 2.75) is 12.8 Å². The lowest BCUT2D eigenvalue weighted by atomic mass is 9.92. The van der Waals surface area contributed by atoms with Crippen LogP contribution in [0.3, 0.4) is 0 Å². The average molecular weight is 890 g/mol. The lowest BCUT2D eigenvalue weighted by molar-refractivity contribution is 0.924. The van der Waals surface area contributed by atoms with Crippen LogP contribution < -0.4 is 10.4 Å². The Balaban J connectivity index is 1.03. The molecule has 70 heavy (non-hydrogen) atoms. The highest BCUT2D eigenvalue weighted by atomic mass is 15.2. The Morgan fingerprint density at radius 3 is 1.63 bits per heavy atom. The van der Waals surface area contributed by atoms with Gasteiger partial charge in [-0.2, -0.15) is 9.97 Å². The number of allylic oxidation sites excluding steroid dienone is 5. The van der Waals surface area contributed by atoms with E-state index in [1.165, 1.54) is 86.5 Å². The van der Waals surface area contributed by atoms with Crippen LogP contribution in [0, 0.1) is 0 Å². The zero-order valence-corrected chi connectivity index (χ0v) is 37.9. The predicted octanol–water partition coefficient (Wildman–Crippen LogP) is 14.6. The molecule has 0 atom stereocenters. The van der Waals surface area contributed by atoms with Crippen LogP contribution in [0.15, 0.2) is 200 Å². The van der Waals surface area contributed by atoms with Crippen LogP contribution in [0.5, 0.6) is 0 Å². The zero-order chi connectivity index (χ0) is 45.6. The van der Waals surface area contributed by atoms with Crippen LogP contribution in [0.1, 0.15) is 17.7 Å². The van der Waals surface area contributed by atoms with E-state index in [1.807, 2.05) is 0 Å². The maximum absolute atomic E-state index is 5.62. The van der Waals surface area contributed by atoms with Crippen LogP contribution in [0.4, 0.5) is 0 Å². The second-order valence-corrected chi connectivity index (χ2v) is 19.0. The van der Waals surface area contributed by atoms with Crippen LogP contribution in [-0.4, -0.2) is 24.1 Å². The van der Waals surface area contributed by atoms with Crippen molar-refractivity contribution in [2.75, 3.05) is 0 Å². The largest absolute Gasteiger partial charge is 0.312 e. The Hall–Kier alpha value is -9.19. The number of aromatic nitrogens is 5. The van der Waals surface area contributed by atoms with Crippen molar-refractivity contribution >= 4 is 115 Å². The number of fused-ring (bicyclic) bond motifs is 8. The normalized spacial score (nSPS) is 13.8. The molecule has 2 aliphatic carbocycles. The van der Waals surface area contributed by atoms with Gasteiger partial charge in [0.15, 0.2) is 11.6 Å². The molecule has 2 aliphatic rings. The quantitative estimate of drug-likeness (QED) is 0.165. The summed E-state index contributed by atoms with van der Waals surface area (Å²) in [6, 6.07) is 62.5. The summed E-state index contributed by atoms with van der Waals surface area (Å²) >= 11 is 0. The van der Waals surface area contributed by atoms with Crippen LogP contribution in [-0.2, 0) is 6.42 Å². The molecule has 0 N–H and O–H groups in total. The monoisotopic (exact) mass is 889 g/mol. The minimum Gasteiger partial charge on any atom is -0.312 e. The fourth-order valence-electron chi connectivity index (χ4n) is 12.3. The fourth-order valence-corrected chi connectivity index (χ4v) is 12.3. The summed E-state index contributed by atoms with van der Waals surface area (Å²) in [5.41, 5.74) is 8.88. The Morgan fingerprint density at radius 1 is 0.400 bits per heavy atom. The third-order valence-electron chi connectivity index (χ3n) is 15.3. The summed E-state index contributed by atoms with van der Waals surface area (Å²) in [4.78, 5) is 16.7. The topological polar surface area (TPSA) is 48.5 Å². The molecule has 0 spiro atoms. The molecule has 0 bridgehead atoms. The molecule has 0 saturated carbocycles. The highest BCUT2D eigenvalue weighted by Gasteiger charge is 2.27. The van der Waals surface area contributed by atoms with Crippen molar-refractivity contribution in [3.63, 3.8) is 0 Å². The minimum atomic E-state index is 0.585. The number of rotatable bonds is 4. The molecular formula is C65H39N5. The van der Waals surface area contributed by atoms with Gasteiger partial charge in [0.25, 0.3) is 0 Å². The van der Waals surface area contributed by atoms with E-state index in [9.17, 15) is 0 Å². The Kier molecular flexibility index (Phi) is 7.66. The van der Waals surface area contributed by atoms with E-state index in [0.717, 1.165) is 62.2 Å². The molecule has 0 aliphatic heterocycles. The van der Waals surface area contributed by atoms with Crippen molar-refractivity contribution in [1.82, 2.24) is 24.1 Å². The molecule has 3 aromatic heterocycles. The molecule has 14 aromatic rings. The molecule has 0 fully saturated rings. The van der Waals surface area contributed by atoms with Gasteiger partial charge in [0, 0.05) is 44.6 Å². The summed E-state index contributed by atoms with van der Waals surface area (Å²) in [6.07, 6.45) is 17.1.